The van der Waals surface area contributed by atoms with Crippen LogP contribution in [-0.2, 0) is 9.53 Å². The molecule has 0 aliphatic rings. The van der Waals surface area contributed by atoms with Crippen LogP contribution in [0.2, 0.25) is 0 Å². The second-order valence-electron chi connectivity index (χ2n) is 5.57. The summed E-state index contributed by atoms with van der Waals surface area (Å²) in [4.78, 5) is 13.9. The Balaban J connectivity index is 2.84. The zero-order valence-electron chi connectivity index (χ0n) is 13.4. The summed E-state index contributed by atoms with van der Waals surface area (Å²) >= 11 is 0. The number of hydrogen-bond acceptors (Lipinski definition) is 4. The van der Waals surface area contributed by atoms with Gasteiger partial charge >= 0.3 is 5.97 Å². The highest BCUT2D eigenvalue weighted by Crippen LogP contribution is 2.20. The molecule has 1 N–H and O–H groups in total. The lowest BCUT2D eigenvalue weighted by Crippen LogP contribution is -2.48. The fraction of sp³-hybridized carbons (Fsp3) is 0.562. The van der Waals surface area contributed by atoms with E-state index in [2.05, 4.69) is 42.3 Å². The van der Waals surface area contributed by atoms with Crippen LogP contribution in [-0.4, -0.2) is 38.8 Å². The summed E-state index contributed by atoms with van der Waals surface area (Å²) in [7, 11) is 3.42. The molecule has 1 aromatic carbocycles. The number of esters is 1. The van der Waals surface area contributed by atoms with Gasteiger partial charge in [0, 0.05) is 25.3 Å². The topological polar surface area (TPSA) is 41.6 Å². The van der Waals surface area contributed by atoms with Gasteiger partial charge in [-0.1, -0.05) is 31.5 Å². The molecule has 0 bridgehead atoms. The first-order valence-electron chi connectivity index (χ1n) is 6.97. The molecule has 112 valence electrons. The quantitative estimate of drug-likeness (QED) is 0.811. The second kappa shape index (κ2) is 7.29. The number of aryl methyl sites for hydroxylation is 2. The molecule has 0 heterocycles. The van der Waals surface area contributed by atoms with Crippen molar-refractivity contribution in [3.63, 3.8) is 0 Å². The SMILES string of the molecule is COC(=O)C(CN(C)c1ccc(C)cc1C)NC(C)C. The first kappa shape index (κ1) is 16.5. The van der Waals surface area contributed by atoms with Crippen molar-refractivity contribution in [1.82, 2.24) is 5.32 Å². The average Bonchev–Trinajstić information content (AvgIpc) is 2.36. The fourth-order valence-electron chi connectivity index (χ4n) is 2.35. The van der Waals surface area contributed by atoms with Gasteiger partial charge in [-0.2, -0.15) is 0 Å². The van der Waals surface area contributed by atoms with E-state index >= 15 is 0 Å². The van der Waals surface area contributed by atoms with Crippen LogP contribution in [0.1, 0.15) is 25.0 Å². The first-order valence-corrected chi connectivity index (χ1v) is 6.97. The fourth-order valence-corrected chi connectivity index (χ4v) is 2.35. The minimum atomic E-state index is -0.328. The van der Waals surface area contributed by atoms with Crippen molar-refractivity contribution in [2.75, 3.05) is 25.6 Å². The Kier molecular flexibility index (Phi) is 6.02. The van der Waals surface area contributed by atoms with Gasteiger partial charge in [-0.3, -0.25) is 4.79 Å². The van der Waals surface area contributed by atoms with Gasteiger partial charge in [-0.05, 0) is 25.5 Å². The Morgan fingerprint density at radius 2 is 2.00 bits per heavy atom. The molecule has 4 nitrogen and oxygen atoms in total. The van der Waals surface area contributed by atoms with Crippen LogP contribution < -0.4 is 10.2 Å². The first-order chi connectivity index (χ1) is 9.35. The minimum absolute atomic E-state index is 0.227. The molecule has 1 unspecified atom stereocenters. The van der Waals surface area contributed by atoms with Gasteiger partial charge in [0.15, 0.2) is 0 Å². The molecule has 1 rings (SSSR count). The van der Waals surface area contributed by atoms with Crippen molar-refractivity contribution < 1.29 is 9.53 Å². The summed E-state index contributed by atoms with van der Waals surface area (Å²) in [5.74, 6) is -0.227. The van der Waals surface area contributed by atoms with E-state index in [-0.39, 0.29) is 18.1 Å². The molecule has 1 atom stereocenters. The van der Waals surface area contributed by atoms with Crippen LogP contribution in [0, 0.1) is 13.8 Å². The number of ether oxygens (including phenoxy) is 1. The Labute approximate surface area is 122 Å². The molecular weight excluding hydrogens is 252 g/mol. The molecule has 0 amide bonds. The summed E-state index contributed by atoms with van der Waals surface area (Å²) < 4.78 is 4.87. The maximum atomic E-state index is 11.8. The molecule has 0 fully saturated rings. The van der Waals surface area contributed by atoms with E-state index in [9.17, 15) is 4.79 Å². The van der Waals surface area contributed by atoms with Gasteiger partial charge in [0.2, 0.25) is 0 Å². The number of carbonyl (C=O) groups is 1. The standard InChI is InChI=1S/C16H26N2O2/c1-11(2)17-14(16(19)20-6)10-18(5)15-8-7-12(3)9-13(15)4/h7-9,11,14,17H,10H2,1-6H3. The predicted molar refractivity (Wildman–Crippen MR) is 83.3 cm³/mol. The summed E-state index contributed by atoms with van der Waals surface area (Å²) in [5, 5.41) is 3.25. The maximum Gasteiger partial charge on any atom is 0.324 e. The van der Waals surface area contributed by atoms with Crippen molar-refractivity contribution in [2.45, 2.75) is 39.8 Å². The molecule has 0 aromatic heterocycles. The van der Waals surface area contributed by atoms with Gasteiger partial charge in [0.1, 0.15) is 6.04 Å². The zero-order valence-corrected chi connectivity index (χ0v) is 13.4. The molecule has 0 aliphatic carbocycles. The molecular formula is C16H26N2O2. The third kappa shape index (κ3) is 4.53. The lowest BCUT2D eigenvalue weighted by Gasteiger charge is -2.27. The zero-order chi connectivity index (χ0) is 15.3. The number of benzene rings is 1. The van der Waals surface area contributed by atoms with E-state index in [1.807, 2.05) is 20.9 Å². The summed E-state index contributed by atoms with van der Waals surface area (Å²) in [6.45, 7) is 8.78. The second-order valence-corrected chi connectivity index (χ2v) is 5.57. The van der Waals surface area contributed by atoms with Crippen molar-refractivity contribution in [3.05, 3.63) is 29.3 Å². The summed E-state index contributed by atoms with van der Waals surface area (Å²) in [6.07, 6.45) is 0. The van der Waals surface area contributed by atoms with Crippen molar-refractivity contribution in [1.29, 1.82) is 0 Å². The van der Waals surface area contributed by atoms with Crippen LogP contribution >= 0.6 is 0 Å². The molecule has 0 saturated heterocycles. The summed E-state index contributed by atoms with van der Waals surface area (Å²) in [6, 6.07) is 6.22. The number of anilines is 1. The van der Waals surface area contributed by atoms with Crippen LogP contribution in [0.3, 0.4) is 0 Å². The molecule has 0 saturated carbocycles. The van der Waals surface area contributed by atoms with E-state index in [1.54, 1.807) is 0 Å². The Morgan fingerprint density at radius 3 is 2.50 bits per heavy atom. The smallest absolute Gasteiger partial charge is 0.324 e. The monoisotopic (exact) mass is 278 g/mol. The van der Waals surface area contributed by atoms with Gasteiger partial charge in [-0.25, -0.2) is 0 Å². The highest BCUT2D eigenvalue weighted by molar-refractivity contribution is 5.76. The maximum absolute atomic E-state index is 11.8. The van der Waals surface area contributed by atoms with Crippen molar-refractivity contribution in [3.8, 4) is 0 Å². The van der Waals surface area contributed by atoms with Crippen LogP contribution in [0.4, 0.5) is 5.69 Å². The van der Waals surface area contributed by atoms with Gasteiger partial charge in [0.25, 0.3) is 0 Å². The van der Waals surface area contributed by atoms with Gasteiger partial charge < -0.3 is 15.0 Å². The third-order valence-electron chi connectivity index (χ3n) is 3.24. The molecule has 0 radical (unpaired) electrons. The number of nitrogens with zero attached hydrogens (tertiary/aromatic N) is 1. The Bertz CT molecular complexity index is 458. The number of rotatable bonds is 6. The largest absolute Gasteiger partial charge is 0.468 e. The van der Waals surface area contributed by atoms with Crippen LogP contribution in [0.15, 0.2) is 18.2 Å². The van der Waals surface area contributed by atoms with Crippen molar-refractivity contribution in [2.24, 2.45) is 0 Å². The molecule has 1 aromatic rings. The van der Waals surface area contributed by atoms with E-state index in [0.29, 0.717) is 6.54 Å². The predicted octanol–water partition coefficient (Wildman–Crippen LogP) is 2.28. The normalized spacial score (nSPS) is 12.3. The number of methoxy groups -OCH3 is 1. The van der Waals surface area contributed by atoms with Gasteiger partial charge in [0.05, 0.1) is 7.11 Å². The van der Waals surface area contributed by atoms with Crippen LogP contribution in [0.5, 0.6) is 0 Å². The molecule has 4 heteroatoms. The van der Waals surface area contributed by atoms with Crippen LogP contribution in [0.25, 0.3) is 0 Å². The number of nitrogens with one attached hydrogen (secondary N) is 1. The lowest BCUT2D eigenvalue weighted by atomic mass is 10.1. The van der Waals surface area contributed by atoms with Gasteiger partial charge in [-0.15, -0.1) is 0 Å². The average molecular weight is 278 g/mol. The van der Waals surface area contributed by atoms with E-state index in [1.165, 1.54) is 18.2 Å². The summed E-state index contributed by atoms with van der Waals surface area (Å²) in [5.41, 5.74) is 3.58. The minimum Gasteiger partial charge on any atom is -0.468 e. The number of likely N-dealkylation sites (N-methyl/N-ethyl adjacent to an activating group) is 1. The highest BCUT2D eigenvalue weighted by Gasteiger charge is 2.22. The third-order valence-corrected chi connectivity index (χ3v) is 3.24. The van der Waals surface area contributed by atoms with Crippen molar-refractivity contribution >= 4 is 11.7 Å². The van der Waals surface area contributed by atoms with E-state index < -0.39 is 0 Å². The van der Waals surface area contributed by atoms with E-state index in [0.717, 1.165) is 5.69 Å². The number of hydrogen-bond donors (Lipinski definition) is 1. The molecule has 0 aliphatic heterocycles. The highest BCUT2D eigenvalue weighted by atomic mass is 16.5. The lowest BCUT2D eigenvalue weighted by molar-refractivity contribution is -0.143. The Morgan fingerprint density at radius 1 is 1.35 bits per heavy atom. The molecule has 0 spiro atoms. The van der Waals surface area contributed by atoms with E-state index in [4.69, 9.17) is 4.74 Å². The molecule has 20 heavy (non-hydrogen) atoms. The number of carbonyl (C=O) groups excluding carboxylic acids is 1. The Hall–Kier alpha value is -1.55.